The molecule has 6 nitrogen and oxygen atoms in total. The van der Waals surface area contributed by atoms with Crippen LogP contribution in [0.3, 0.4) is 0 Å². The van der Waals surface area contributed by atoms with Crippen molar-refractivity contribution in [2.45, 2.75) is 33.2 Å². The lowest BCUT2D eigenvalue weighted by Crippen LogP contribution is -2.47. The molecule has 3 aromatic carbocycles. The highest BCUT2D eigenvalue weighted by atomic mass is 35.5. The molecule has 1 aliphatic heterocycles. The normalized spacial score (nSPS) is 13.7. The van der Waals surface area contributed by atoms with Crippen LogP contribution in [0.15, 0.2) is 60.7 Å². The summed E-state index contributed by atoms with van der Waals surface area (Å²) in [5.41, 5.74) is 1.94. The highest BCUT2D eigenvalue weighted by Gasteiger charge is 2.43. The Kier molecular flexibility index (Phi) is 7.15. The molecule has 180 valence electrons. The first-order valence-corrected chi connectivity index (χ1v) is 11.9. The predicted molar refractivity (Wildman–Crippen MR) is 137 cm³/mol. The Balaban J connectivity index is 1.52. The zero-order chi connectivity index (χ0) is 25.3. The fourth-order valence-corrected chi connectivity index (χ4v) is 4.21. The Morgan fingerprint density at radius 3 is 1.86 bits per heavy atom. The Morgan fingerprint density at radius 2 is 1.37 bits per heavy atom. The molecule has 8 heteroatoms. The zero-order valence-electron chi connectivity index (χ0n) is 19.5. The maximum Gasteiger partial charge on any atom is 0.262 e. The van der Waals surface area contributed by atoms with E-state index in [1.54, 1.807) is 24.3 Å². The Hall–Kier alpha value is -3.35. The fraction of sp³-hybridized carbons (Fsp3) is 0.222. The van der Waals surface area contributed by atoms with Crippen molar-refractivity contribution >= 4 is 46.6 Å². The number of nitrogens with one attached hydrogen (secondary N) is 1. The zero-order valence-corrected chi connectivity index (χ0v) is 21.0. The average molecular weight is 511 g/mol. The quantitative estimate of drug-likeness (QED) is 0.357. The first-order chi connectivity index (χ1) is 16.6. The Bertz CT molecular complexity index is 1250. The molecule has 0 spiro atoms. The van der Waals surface area contributed by atoms with Crippen LogP contribution in [0.2, 0.25) is 10.0 Å². The number of hydrogen-bond acceptors (Lipinski definition) is 4. The van der Waals surface area contributed by atoms with Gasteiger partial charge in [0.1, 0.15) is 17.5 Å². The second-order valence-electron chi connectivity index (χ2n) is 8.87. The van der Waals surface area contributed by atoms with Gasteiger partial charge in [-0.05, 0) is 67.8 Å². The lowest BCUT2D eigenvalue weighted by Gasteiger charge is -2.26. The third-order valence-corrected chi connectivity index (χ3v) is 6.37. The standard InChI is InChI=1S/C27H24Cl2N2O4/c1-15(2)12-24(31-26(33)20-13-22(28)23(29)14-21(20)27(31)34)25(32)30-17-6-10-19(11-7-17)35-18-8-4-16(3)5-9-18/h4-11,13-15,24H,12H2,1-3H3,(H,30,32)/t24-/m0/s1. The molecule has 0 unspecified atom stereocenters. The van der Waals surface area contributed by atoms with E-state index in [-0.39, 0.29) is 27.1 Å². The van der Waals surface area contributed by atoms with E-state index in [0.29, 0.717) is 23.6 Å². The topological polar surface area (TPSA) is 75.7 Å². The van der Waals surface area contributed by atoms with Gasteiger partial charge in [0.2, 0.25) is 5.91 Å². The van der Waals surface area contributed by atoms with Crippen LogP contribution in [-0.4, -0.2) is 28.7 Å². The third kappa shape index (κ3) is 5.34. The second-order valence-corrected chi connectivity index (χ2v) is 9.68. The molecule has 0 saturated carbocycles. The van der Waals surface area contributed by atoms with Crippen molar-refractivity contribution in [2.75, 3.05) is 5.32 Å². The van der Waals surface area contributed by atoms with E-state index in [9.17, 15) is 14.4 Å². The highest BCUT2D eigenvalue weighted by Crippen LogP contribution is 2.34. The molecule has 0 fully saturated rings. The fourth-order valence-electron chi connectivity index (χ4n) is 3.89. The van der Waals surface area contributed by atoms with Crippen molar-refractivity contribution in [3.8, 4) is 11.5 Å². The lowest BCUT2D eigenvalue weighted by molar-refractivity contribution is -0.120. The smallest absolute Gasteiger partial charge is 0.262 e. The van der Waals surface area contributed by atoms with Gasteiger partial charge in [0.15, 0.2) is 0 Å². The van der Waals surface area contributed by atoms with Gasteiger partial charge in [0.25, 0.3) is 11.8 Å². The average Bonchev–Trinajstić information content (AvgIpc) is 3.04. The minimum atomic E-state index is -0.997. The van der Waals surface area contributed by atoms with Crippen LogP contribution in [-0.2, 0) is 4.79 Å². The summed E-state index contributed by atoms with van der Waals surface area (Å²) in [5, 5.41) is 3.17. The van der Waals surface area contributed by atoms with Crippen molar-refractivity contribution < 1.29 is 19.1 Å². The third-order valence-electron chi connectivity index (χ3n) is 5.65. The van der Waals surface area contributed by atoms with Gasteiger partial charge in [-0.1, -0.05) is 54.7 Å². The maximum atomic E-state index is 13.3. The summed E-state index contributed by atoms with van der Waals surface area (Å²) in [5.74, 6) is -0.225. The van der Waals surface area contributed by atoms with E-state index in [0.717, 1.165) is 10.5 Å². The van der Waals surface area contributed by atoms with Crippen LogP contribution in [0.1, 0.15) is 46.5 Å². The van der Waals surface area contributed by atoms with Crippen molar-refractivity contribution in [2.24, 2.45) is 5.92 Å². The molecule has 1 atom stereocenters. The van der Waals surface area contributed by atoms with Crippen molar-refractivity contribution in [3.63, 3.8) is 0 Å². The molecule has 1 N–H and O–H groups in total. The predicted octanol–water partition coefficient (Wildman–Crippen LogP) is 6.74. The number of benzene rings is 3. The summed E-state index contributed by atoms with van der Waals surface area (Å²) in [6, 6.07) is 16.3. The number of imide groups is 1. The van der Waals surface area contributed by atoms with Crippen molar-refractivity contribution in [1.82, 2.24) is 4.90 Å². The molecule has 0 saturated heterocycles. The number of carbonyl (C=O) groups is 3. The summed E-state index contributed by atoms with van der Waals surface area (Å²) < 4.78 is 5.83. The minimum absolute atomic E-state index is 0.0486. The van der Waals surface area contributed by atoms with Gasteiger partial charge in [0.05, 0.1) is 21.2 Å². The number of nitrogens with zero attached hydrogens (tertiary/aromatic N) is 1. The number of amides is 3. The molecule has 0 aliphatic carbocycles. The number of anilines is 1. The Labute approximate surface area is 213 Å². The summed E-state index contributed by atoms with van der Waals surface area (Å²) >= 11 is 12.1. The largest absolute Gasteiger partial charge is 0.457 e. The van der Waals surface area contributed by atoms with Crippen LogP contribution in [0.4, 0.5) is 5.69 Å². The molecule has 0 aromatic heterocycles. The number of rotatable bonds is 7. The first-order valence-electron chi connectivity index (χ1n) is 11.2. The van der Waals surface area contributed by atoms with E-state index in [1.165, 1.54) is 12.1 Å². The molecule has 1 aliphatic rings. The van der Waals surface area contributed by atoms with Gasteiger partial charge in [-0.15, -0.1) is 0 Å². The Morgan fingerprint density at radius 1 is 0.886 bits per heavy atom. The maximum absolute atomic E-state index is 13.3. The summed E-state index contributed by atoms with van der Waals surface area (Å²) in [4.78, 5) is 40.5. The number of hydrogen-bond donors (Lipinski definition) is 1. The number of halogens is 2. The SMILES string of the molecule is Cc1ccc(Oc2ccc(NC(=O)[C@H](CC(C)C)N3C(=O)c4cc(Cl)c(Cl)cc4C3=O)cc2)cc1. The van der Waals surface area contributed by atoms with Crippen LogP contribution in [0.5, 0.6) is 11.5 Å². The number of ether oxygens (including phenoxy) is 1. The van der Waals surface area contributed by atoms with Crippen molar-refractivity contribution in [1.29, 1.82) is 0 Å². The summed E-state index contributed by atoms with van der Waals surface area (Å²) in [7, 11) is 0. The van der Waals surface area contributed by atoms with E-state index in [4.69, 9.17) is 27.9 Å². The van der Waals surface area contributed by atoms with Gasteiger partial charge in [0, 0.05) is 5.69 Å². The van der Waals surface area contributed by atoms with E-state index >= 15 is 0 Å². The van der Waals surface area contributed by atoms with Crippen LogP contribution in [0.25, 0.3) is 0 Å². The van der Waals surface area contributed by atoms with E-state index in [2.05, 4.69) is 5.32 Å². The molecular formula is C27H24Cl2N2O4. The molecule has 4 rings (SSSR count). The summed E-state index contributed by atoms with van der Waals surface area (Å²) in [6.07, 6.45) is 0.299. The van der Waals surface area contributed by atoms with Gasteiger partial charge in [-0.2, -0.15) is 0 Å². The molecule has 35 heavy (non-hydrogen) atoms. The number of fused-ring (bicyclic) bond motifs is 1. The van der Waals surface area contributed by atoms with E-state index in [1.807, 2.05) is 45.0 Å². The molecule has 3 amide bonds. The molecule has 1 heterocycles. The second kappa shape index (κ2) is 10.1. The monoisotopic (exact) mass is 510 g/mol. The number of aryl methyl sites for hydroxylation is 1. The van der Waals surface area contributed by atoms with Gasteiger partial charge in [-0.3, -0.25) is 19.3 Å². The van der Waals surface area contributed by atoms with Crippen LogP contribution >= 0.6 is 23.2 Å². The van der Waals surface area contributed by atoms with Crippen molar-refractivity contribution in [3.05, 3.63) is 87.4 Å². The molecule has 0 bridgehead atoms. The van der Waals surface area contributed by atoms with Gasteiger partial charge < -0.3 is 10.1 Å². The lowest BCUT2D eigenvalue weighted by atomic mass is 10.0. The van der Waals surface area contributed by atoms with E-state index < -0.39 is 23.8 Å². The molecular weight excluding hydrogens is 487 g/mol. The first kappa shape index (κ1) is 24.8. The minimum Gasteiger partial charge on any atom is -0.457 e. The molecule has 0 radical (unpaired) electrons. The van der Waals surface area contributed by atoms with Crippen LogP contribution < -0.4 is 10.1 Å². The summed E-state index contributed by atoms with van der Waals surface area (Å²) in [6.45, 7) is 5.84. The van der Waals surface area contributed by atoms with Gasteiger partial charge >= 0.3 is 0 Å². The van der Waals surface area contributed by atoms with Crippen LogP contribution in [0, 0.1) is 12.8 Å². The highest BCUT2D eigenvalue weighted by molar-refractivity contribution is 6.43. The van der Waals surface area contributed by atoms with Gasteiger partial charge in [-0.25, -0.2) is 0 Å². The molecule has 3 aromatic rings. The number of carbonyl (C=O) groups excluding carboxylic acids is 3.